The summed E-state index contributed by atoms with van der Waals surface area (Å²) in [5, 5.41) is 0. The van der Waals surface area contributed by atoms with Gasteiger partial charge in [-0.1, -0.05) is 20.3 Å². The molecular formula is C14H21NO3. The van der Waals surface area contributed by atoms with Crippen molar-refractivity contribution in [3.05, 3.63) is 34.2 Å². The molecule has 1 unspecified atom stereocenters. The van der Waals surface area contributed by atoms with Crippen LogP contribution in [0.2, 0.25) is 0 Å². The van der Waals surface area contributed by atoms with Gasteiger partial charge in [-0.2, -0.15) is 0 Å². The highest BCUT2D eigenvalue weighted by Crippen LogP contribution is 2.17. The van der Waals surface area contributed by atoms with E-state index in [2.05, 4.69) is 13.8 Å². The second kappa shape index (κ2) is 6.99. The van der Waals surface area contributed by atoms with E-state index in [1.165, 1.54) is 6.07 Å². The smallest absolute Gasteiger partial charge is 0.343 e. The number of ether oxygens (including phenoxy) is 1. The third-order valence-electron chi connectivity index (χ3n) is 2.95. The van der Waals surface area contributed by atoms with Gasteiger partial charge in [-0.15, -0.1) is 0 Å². The predicted molar refractivity (Wildman–Crippen MR) is 70.9 cm³/mol. The van der Waals surface area contributed by atoms with E-state index in [-0.39, 0.29) is 17.6 Å². The van der Waals surface area contributed by atoms with Crippen molar-refractivity contribution in [1.29, 1.82) is 0 Å². The summed E-state index contributed by atoms with van der Waals surface area (Å²) in [5.41, 5.74) is -0.162. The van der Waals surface area contributed by atoms with Gasteiger partial charge in [0.15, 0.2) is 5.43 Å². The maximum Gasteiger partial charge on any atom is 0.343 e. The molecule has 18 heavy (non-hydrogen) atoms. The minimum atomic E-state index is -0.539. The lowest BCUT2D eigenvalue weighted by molar-refractivity contribution is 0.0523. The normalized spacial score (nSPS) is 12.2. The predicted octanol–water partition coefficient (Wildman–Crippen LogP) is 2.78. The van der Waals surface area contributed by atoms with Gasteiger partial charge in [0.25, 0.3) is 0 Å². The molecule has 0 bridgehead atoms. The molecule has 0 N–H and O–H groups in total. The average Bonchev–Trinajstić information content (AvgIpc) is 2.37. The van der Waals surface area contributed by atoms with E-state index >= 15 is 0 Å². The molecule has 0 fully saturated rings. The quantitative estimate of drug-likeness (QED) is 0.730. The number of pyridine rings is 1. The molecule has 0 aliphatic carbocycles. The van der Waals surface area contributed by atoms with Crippen LogP contribution in [0.4, 0.5) is 0 Å². The summed E-state index contributed by atoms with van der Waals surface area (Å²) in [5.74, 6) is -0.539. The van der Waals surface area contributed by atoms with Crippen LogP contribution in [0.1, 0.15) is 56.4 Å². The van der Waals surface area contributed by atoms with Crippen molar-refractivity contribution in [2.75, 3.05) is 6.61 Å². The molecule has 1 rings (SSSR count). The zero-order valence-electron chi connectivity index (χ0n) is 11.3. The minimum absolute atomic E-state index is 0.119. The van der Waals surface area contributed by atoms with Gasteiger partial charge in [0, 0.05) is 24.5 Å². The first-order valence-corrected chi connectivity index (χ1v) is 6.52. The van der Waals surface area contributed by atoms with Gasteiger partial charge in [-0.3, -0.25) is 4.79 Å². The maximum absolute atomic E-state index is 11.7. The highest BCUT2D eigenvalue weighted by molar-refractivity contribution is 5.88. The average molecular weight is 251 g/mol. The highest BCUT2D eigenvalue weighted by atomic mass is 16.5. The number of nitrogens with zero attached hydrogens (tertiary/aromatic N) is 1. The maximum atomic E-state index is 11.7. The molecule has 1 aromatic rings. The molecular weight excluding hydrogens is 230 g/mol. The van der Waals surface area contributed by atoms with Crippen LogP contribution >= 0.6 is 0 Å². The van der Waals surface area contributed by atoms with Crippen molar-refractivity contribution < 1.29 is 9.53 Å². The fraction of sp³-hybridized carbons (Fsp3) is 0.571. The lowest BCUT2D eigenvalue weighted by atomic mass is 10.1. The zero-order chi connectivity index (χ0) is 13.5. The van der Waals surface area contributed by atoms with Gasteiger partial charge in [0.2, 0.25) is 0 Å². The third kappa shape index (κ3) is 3.45. The third-order valence-corrected chi connectivity index (χ3v) is 2.95. The first-order chi connectivity index (χ1) is 8.63. The van der Waals surface area contributed by atoms with Crippen LogP contribution in [-0.2, 0) is 4.74 Å². The molecule has 1 aromatic heterocycles. The van der Waals surface area contributed by atoms with E-state index in [1.54, 1.807) is 19.3 Å². The zero-order valence-corrected chi connectivity index (χ0v) is 11.3. The SMILES string of the molecule is CCCC(CC)n1ccc(=O)c(C(=O)OCC)c1. The molecule has 0 aliphatic heterocycles. The fourth-order valence-corrected chi connectivity index (χ4v) is 1.99. The number of hydrogen-bond acceptors (Lipinski definition) is 3. The Morgan fingerprint density at radius 3 is 2.67 bits per heavy atom. The van der Waals surface area contributed by atoms with Gasteiger partial charge < -0.3 is 9.30 Å². The monoisotopic (exact) mass is 251 g/mol. The largest absolute Gasteiger partial charge is 0.462 e. The summed E-state index contributed by atoms with van der Waals surface area (Å²) in [6, 6.07) is 1.76. The second-order valence-corrected chi connectivity index (χ2v) is 4.24. The van der Waals surface area contributed by atoms with Gasteiger partial charge in [0.1, 0.15) is 5.56 Å². The topological polar surface area (TPSA) is 48.3 Å². The number of esters is 1. The van der Waals surface area contributed by atoms with Crippen LogP contribution in [-0.4, -0.2) is 17.1 Å². The Morgan fingerprint density at radius 2 is 2.11 bits per heavy atom. The molecule has 0 saturated carbocycles. The van der Waals surface area contributed by atoms with Crippen LogP contribution in [0.3, 0.4) is 0 Å². The number of carbonyl (C=O) groups is 1. The van der Waals surface area contributed by atoms with Crippen molar-refractivity contribution >= 4 is 5.97 Å². The van der Waals surface area contributed by atoms with Gasteiger partial charge >= 0.3 is 5.97 Å². The van der Waals surface area contributed by atoms with Gasteiger partial charge in [0.05, 0.1) is 6.61 Å². The molecule has 0 aliphatic rings. The summed E-state index contributed by atoms with van der Waals surface area (Å²) in [7, 11) is 0. The Labute approximate surface area is 108 Å². The van der Waals surface area contributed by atoms with Crippen molar-refractivity contribution in [3.8, 4) is 0 Å². The van der Waals surface area contributed by atoms with Crippen LogP contribution in [0, 0.1) is 0 Å². The fourth-order valence-electron chi connectivity index (χ4n) is 1.99. The Hall–Kier alpha value is -1.58. The Kier molecular flexibility index (Phi) is 5.62. The summed E-state index contributed by atoms with van der Waals surface area (Å²) in [6.45, 7) is 6.23. The standard InChI is InChI=1S/C14H21NO3/c1-4-7-11(5-2)15-9-8-13(16)12(10-15)14(17)18-6-3/h8-11H,4-7H2,1-3H3. The Balaban J connectivity index is 3.06. The molecule has 1 heterocycles. The van der Waals surface area contributed by atoms with Gasteiger partial charge in [-0.25, -0.2) is 4.79 Å². The van der Waals surface area contributed by atoms with E-state index in [0.29, 0.717) is 6.04 Å². The second-order valence-electron chi connectivity index (χ2n) is 4.24. The summed E-state index contributed by atoms with van der Waals surface area (Å²) < 4.78 is 6.83. The van der Waals surface area contributed by atoms with E-state index in [9.17, 15) is 9.59 Å². The minimum Gasteiger partial charge on any atom is -0.462 e. The first-order valence-electron chi connectivity index (χ1n) is 6.52. The Bertz CT molecular complexity index is 451. The van der Waals surface area contributed by atoms with Crippen molar-refractivity contribution in [3.63, 3.8) is 0 Å². The van der Waals surface area contributed by atoms with E-state index < -0.39 is 5.97 Å². The first kappa shape index (κ1) is 14.5. The number of hydrogen-bond donors (Lipinski definition) is 0. The van der Waals surface area contributed by atoms with E-state index in [1.807, 2.05) is 4.57 Å². The molecule has 0 saturated heterocycles. The van der Waals surface area contributed by atoms with Crippen LogP contribution in [0.5, 0.6) is 0 Å². The summed E-state index contributed by atoms with van der Waals surface area (Å²) in [4.78, 5) is 23.3. The summed E-state index contributed by atoms with van der Waals surface area (Å²) >= 11 is 0. The van der Waals surface area contributed by atoms with Crippen LogP contribution < -0.4 is 5.43 Å². The molecule has 0 spiro atoms. The molecule has 100 valence electrons. The van der Waals surface area contributed by atoms with Crippen molar-refractivity contribution in [2.24, 2.45) is 0 Å². The molecule has 4 nitrogen and oxygen atoms in total. The molecule has 0 radical (unpaired) electrons. The van der Waals surface area contributed by atoms with Crippen molar-refractivity contribution in [1.82, 2.24) is 4.57 Å². The van der Waals surface area contributed by atoms with E-state index in [4.69, 9.17) is 4.74 Å². The van der Waals surface area contributed by atoms with Crippen molar-refractivity contribution in [2.45, 2.75) is 46.1 Å². The van der Waals surface area contributed by atoms with E-state index in [0.717, 1.165) is 19.3 Å². The van der Waals surface area contributed by atoms with Crippen LogP contribution in [0.25, 0.3) is 0 Å². The highest BCUT2D eigenvalue weighted by Gasteiger charge is 2.14. The summed E-state index contributed by atoms with van der Waals surface area (Å²) in [6.07, 6.45) is 6.43. The van der Waals surface area contributed by atoms with Crippen LogP contribution in [0.15, 0.2) is 23.3 Å². The Morgan fingerprint density at radius 1 is 1.39 bits per heavy atom. The molecule has 0 amide bonds. The number of rotatable bonds is 6. The lowest BCUT2D eigenvalue weighted by Crippen LogP contribution is -2.20. The molecule has 4 heteroatoms. The number of carbonyl (C=O) groups excluding carboxylic acids is 1. The lowest BCUT2D eigenvalue weighted by Gasteiger charge is -2.18. The number of aromatic nitrogens is 1. The molecule has 0 aromatic carbocycles. The molecule has 1 atom stereocenters. The van der Waals surface area contributed by atoms with Gasteiger partial charge in [-0.05, 0) is 19.8 Å².